The van der Waals surface area contributed by atoms with Crippen LogP contribution in [-0.2, 0) is 16.1 Å². The van der Waals surface area contributed by atoms with E-state index < -0.39 is 5.97 Å². The van der Waals surface area contributed by atoms with E-state index in [1.165, 1.54) is 31.7 Å². The van der Waals surface area contributed by atoms with Crippen LogP contribution in [0, 0.1) is 24.7 Å². The van der Waals surface area contributed by atoms with Crippen LogP contribution < -0.4 is 0 Å². The number of aryl methyl sites for hydroxylation is 1. The summed E-state index contributed by atoms with van der Waals surface area (Å²) in [6.07, 6.45) is 11.5. The van der Waals surface area contributed by atoms with Crippen molar-refractivity contribution in [3.8, 4) is 0 Å². The first-order chi connectivity index (χ1) is 14.5. The lowest BCUT2D eigenvalue weighted by Gasteiger charge is -2.60. The molecule has 7 heteroatoms. The number of furan rings is 1. The molecule has 0 spiro atoms. The van der Waals surface area contributed by atoms with Crippen molar-refractivity contribution in [3.63, 3.8) is 0 Å². The van der Waals surface area contributed by atoms with Gasteiger partial charge in [-0.2, -0.15) is 0 Å². The number of carbonyl (C=O) groups excluding carboxylic acids is 2. The van der Waals surface area contributed by atoms with Crippen LogP contribution in [0.2, 0.25) is 0 Å². The van der Waals surface area contributed by atoms with Crippen molar-refractivity contribution in [3.05, 3.63) is 47.9 Å². The second kappa shape index (κ2) is 7.52. The van der Waals surface area contributed by atoms with Crippen LogP contribution >= 0.6 is 0 Å². The summed E-state index contributed by atoms with van der Waals surface area (Å²) in [6.45, 7) is 1.92. The van der Waals surface area contributed by atoms with E-state index in [9.17, 15) is 9.59 Å². The van der Waals surface area contributed by atoms with Gasteiger partial charge in [-0.15, -0.1) is 0 Å². The largest absolute Gasteiger partial charge is 0.467 e. The number of hydrogen-bond donors (Lipinski definition) is 0. The van der Waals surface area contributed by atoms with E-state index in [4.69, 9.17) is 9.15 Å². The number of ether oxygens (including phenoxy) is 1. The van der Waals surface area contributed by atoms with Crippen molar-refractivity contribution < 1.29 is 18.7 Å². The minimum atomic E-state index is -0.626. The molecule has 4 bridgehead atoms. The molecule has 0 atom stereocenters. The van der Waals surface area contributed by atoms with Crippen LogP contribution in [0.5, 0.6) is 0 Å². The van der Waals surface area contributed by atoms with Crippen molar-refractivity contribution in [2.45, 2.75) is 57.5 Å². The summed E-state index contributed by atoms with van der Waals surface area (Å²) in [7, 11) is 0. The Hall–Kier alpha value is -2.70. The molecule has 0 saturated heterocycles. The number of amides is 1. The second-order valence-electron chi connectivity index (χ2n) is 9.32. The number of nitrogens with zero attached hydrogens (tertiary/aromatic N) is 3. The predicted octanol–water partition coefficient (Wildman–Crippen LogP) is 3.53. The average molecular weight is 409 g/mol. The zero-order valence-corrected chi connectivity index (χ0v) is 17.3. The highest BCUT2D eigenvalue weighted by atomic mass is 16.5. The number of esters is 1. The summed E-state index contributed by atoms with van der Waals surface area (Å²) >= 11 is 0. The molecule has 2 aromatic rings. The molecular formula is C23H27N3O4. The molecule has 0 aromatic carbocycles. The predicted molar refractivity (Wildman–Crippen MR) is 107 cm³/mol. The Bertz CT molecular complexity index is 887. The summed E-state index contributed by atoms with van der Waals surface area (Å²) in [6, 6.07) is 3.74. The standard InChI is InChI=1S/C23H27N3O4/c1-15-11-25-20(12-24-15)22(28)30-14-21(27)26(13-19-3-2-4-29-19)23-8-16-5-17(9-23)7-18(6-16)10-23/h2-4,11-12,16-18H,5-10,13-14H2,1H3. The Balaban J connectivity index is 1.33. The summed E-state index contributed by atoms with van der Waals surface area (Å²) in [5.74, 6) is 2.08. The lowest BCUT2D eigenvalue weighted by atomic mass is 9.52. The number of hydrogen-bond acceptors (Lipinski definition) is 6. The second-order valence-corrected chi connectivity index (χ2v) is 9.32. The van der Waals surface area contributed by atoms with Gasteiger partial charge in [-0.25, -0.2) is 9.78 Å². The Morgan fingerprint density at radius 2 is 1.83 bits per heavy atom. The lowest BCUT2D eigenvalue weighted by Crippen LogP contribution is -2.61. The van der Waals surface area contributed by atoms with Gasteiger partial charge in [0.15, 0.2) is 12.3 Å². The Morgan fingerprint density at radius 1 is 1.13 bits per heavy atom. The number of carbonyl (C=O) groups is 2. The molecule has 2 aromatic heterocycles. The first kappa shape index (κ1) is 19.3. The first-order valence-corrected chi connectivity index (χ1v) is 10.8. The highest BCUT2D eigenvalue weighted by Gasteiger charge is 2.54. The maximum Gasteiger partial charge on any atom is 0.359 e. The molecule has 0 radical (unpaired) electrons. The van der Waals surface area contributed by atoms with Crippen molar-refractivity contribution in [1.82, 2.24) is 14.9 Å². The van der Waals surface area contributed by atoms with Crippen molar-refractivity contribution in [2.75, 3.05) is 6.61 Å². The molecule has 0 N–H and O–H groups in total. The van der Waals surface area contributed by atoms with E-state index in [2.05, 4.69) is 9.97 Å². The molecule has 0 unspecified atom stereocenters. The van der Waals surface area contributed by atoms with E-state index in [1.54, 1.807) is 13.2 Å². The fourth-order valence-corrected chi connectivity index (χ4v) is 6.25. The maximum atomic E-state index is 13.3. The van der Waals surface area contributed by atoms with Gasteiger partial charge in [-0.1, -0.05) is 0 Å². The quantitative estimate of drug-likeness (QED) is 0.679. The minimum absolute atomic E-state index is 0.112. The number of rotatable bonds is 6. The van der Waals surface area contributed by atoms with E-state index in [-0.39, 0.29) is 23.7 Å². The maximum absolute atomic E-state index is 13.3. The van der Waals surface area contributed by atoms with Crippen molar-refractivity contribution >= 4 is 11.9 Å². The zero-order chi connectivity index (χ0) is 20.7. The smallest absolute Gasteiger partial charge is 0.359 e. The summed E-state index contributed by atoms with van der Waals surface area (Å²) in [5.41, 5.74) is 0.684. The molecular weight excluding hydrogens is 382 g/mol. The molecule has 158 valence electrons. The van der Waals surface area contributed by atoms with E-state index in [0.717, 1.165) is 25.0 Å². The van der Waals surface area contributed by atoms with Gasteiger partial charge in [0.1, 0.15) is 5.76 Å². The highest BCUT2D eigenvalue weighted by molar-refractivity contribution is 5.89. The third-order valence-corrected chi connectivity index (χ3v) is 7.09. The van der Waals surface area contributed by atoms with Gasteiger partial charge >= 0.3 is 5.97 Å². The fourth-order valence-electron chi connectivity index (χ4n) is 6.25. The molecule has 2 heterocycles. The molecule has 6 rings (SSSR count). The summed E-state index contributed by atoms with van der Waals surface area (Å²) < 4.78 is 10.9. The van der Waals surface area contributed by atoms with Gasteiger partial charge < -0.3 is 14.1 Å². The van der Waals surface area contributed by atoms with Gasteiger partial charge in [-0.05, 0) is 75.3 Å². The monoisotopic (exact) mass is 409 g/mol. The summed E-state index contributed by atoms with van der Waals surface area (Å²) in [4.78, 5) is 35.7. The Labute approximate surface area is 175 Å². The van der Waals surface area contributed by atoms with Gasteiger partial charge in [0.25, 0.3) is 5.91 Å². The molecule has 4 aliphatic rings. The third-order valence-electron chi connectivity index (χ3n) is 7.09. The number of aromatic nitrogens is 2. The van der Waals surface area contributed by atoms with Crippen LogP contribution in [0.25, 0.3) is 0 Å². The van der Waals surface area contributed by atoms with Crippen LogP contribution in [0.3, 0.4) is 0 Å². The highest BCUT2D eigenvalue weighted by Crippen LogP contribution is 2.58. The van der Waals surface area contributed by atoms with Crippen LogP contribution in [-0.4, -0.2) is 38.9 Å². The zero-order valence-electron chi connectivity index (χ0n) is 17.3. The van der Waals surface area contributed by atoms with Crippen molar-refractivity contribution in [1.29, 1.82) is 0 Å². The van der Waals surface area contributed by atoms with Crippen molar-refractivity contribution in [2.24, 2.45) is 17.8 Å². The third kappa shape index (κ3) is 3.61. The SMILES string of the molecule is Cc1cnc(C(=O)OCC(=O)N(Cc2ccco2)C23CC4CC(CC(C4)C2)C3)cn1. The fraction of sp³-hybridized carbons (Fsp3) is 0.565. The lowest BCUT2D eigenvalue weighted by molar-refractivity contribution is -0.156. The Kier molecular flexibility index (Phi) is 4.83. The van der Waals surface area contributed by atoms with Gasteiger partial charge in [0, 0.05) is 11.7 Å². The van der Waals surface area contributed by atoms with Crippen LogP contribution in [0.15, 0.2) is 35.2 Å². The van der Waals surface area contributed by atoms with Gasteiger partial charge in [0.05, 0.1) is 24.7 Å². The van der Waals surface area contributed by atoms with Gasteiger partial charge in [-0.3, -0.25) is 9.78 Å². The van der Waals surface area contributed by atoms with E-state index in [1.807, 2.05) is 17.0 Å². The minimum Gasteiger partial charge on any atom is -0.467 e. The topological polar surface area (TPSA) is 85.5 Å². The molecule has 0 aliphatic heterocycles. The normalized spacial score (nSPS) is 29.0. The first-order valence-electron chi connectivity index (χ1n) is 10.8. The molecule has 4 fully saturated rings. The van der Waals surface area contributed by atoms with Crippen LogP contribution in [0.1, 0.15) is 60.5 Å². The molecule has 4 saturated carbocycles. The molecule has 7 nitrogen and oxygen atoms in total. The summed E-state index contributed by atoms with van der Waals surface area (Å²) in [5, 5.41) is 0. The molecule has 30 heavy (non-hydrogen) atoms. The molecule has 1 amide bonds. The molecule has 4 aliphatic carbocycles. The van der Waals surface area contributed by atoms with E-state index in [0.29, 0.717) is 30.0 Å². The Morgan fingerprint density at radius 3 is 2.40 bits per heavy atom. The van der Waals surface area contributed by atoms with Crippen LogP contribution in [0.4, 0.5) is 0 Å². The average Bonchev–Trinajstić information content (AvgIpc) is 3.23. The van der Waals surface area contributed by atoms with E-state index >= 15 is 0 Å². The van der Waals surface area contributed by atoms with Gasteiger partial charge in [0.2, 0.25) is 0 Å².